The Morgan fingerprint density at radius 1 is 1.33 bits per heavy atom. The first kappa shape index (κ1) is 21.8. The van der Waals surface area contributed by atoms with Crippen molar-refractivity contribution < 1.29 is 23.9 Å². The highest BCUT2D eigenvalue weighted by molar-refractivity contribution is 5.98. The Bertz CT molecular complexity index is 545. The summed E-state index contributed by atoms with van der Waals surface area (Å²) in [6.07, 6.45) is 2.72. The summed E-state index contributed by atoms with van der Waals surface area (Å²) in [7, 11) is 5.34. The Morgan fingerprint density at radius 3 is 2.67 bits per heavy atom. The Kier molecular flexibility index (Phi) is 7.76. The maximum atomic E-state index is 12.5. The van der Waals surface area contributed by atoms with E-state index in [1.165, 1.54) is 0 Å². The highest BCUT2D eigenvalue weighted by atomic mass is 16.6. The molecule has 1 spiro atoms. The number of Topliss-reactive ketones (excluding diaryl/α,β-unsaturated/α-hetero) is 1. The van der Waals surface area contributed by atoms with Gasteiger partial charge in [0.2, 0.25) is 5.91 Å². The molecule has 8 nitrogen and oxygen atoms in total. The second kappa shape index (κ2) is 9.61. The largest absolute Gasteiger partial charge is 0.453 e. The monoisotopic (exact) mass is 383 g/mol. The molecule has 0 aromatic heterocycles. The Labute approximate surface area is 161 Å². The Morgan fingerprint density at radius 2 is 2.04 bits per heavy atom. The summed E-state index contributed by atoms with van der Waals surface area (Å²) < 4.78 is 11.2. The van der Waals surface area contributed by atoms with Gasteiger partial charge in [-0.15, -0.1) is 0 Å². The fraction of sp³-hybridized carbons (Fsp3) is 0.842. The lowest BCUT2D eigenvalue weighted by Crippen LogP contribution is -2.70. The molecule has 0 bridgehead atoms. The minimum absolute atomic E-state index is 0.0108. The molecule has 2 atom stereocenters. The second-order valence-corrected chi connectivity index (χ2v) is 8.00. The van der Waals surface area contributed by atoms with Crippen LogP contribution in [-0.2, 0) is 23.9 Å². The number of ketones is 1. The average molecular weight is 383 g/mol. The molecule has 1 N–H and O–H groups in total. The van der Waals surface area contributed by atoms with E-state index in [1.807, 2.05) is 19.0 Å². The first-order valence-corrected chi connectivity index (χ1v) is 9.68. The van der Waals surface area contributed by atoms with Gasteiger partial charge in [-0.2, -0.15) is 0 Å². The molecule has 0 saturated carbocycles. The number of nitrogens with one attached hydrogen (secondary N) is 1. The van der Waals surface area contributed by atoms with E-state index in [0.29, 0.717) is 39.0 Å². The molecule has 2 unspecified atom stereocenters. The zero-order valence-electron chi connectivity index (χ0n) is 17.0. The summed E-state index contributed by atoms with van der Waals surface area (Å²) in [5, 5.41) is 3.34. The minimum atomic E-state index is -0.799. The lowest BCUT2D eigenvalue weighted by atomic mass is 9.92. The molecule has 1 amide bonds. The van der Waals surface area contributed by atoms with E-state index in [1.54, 1.807) is 18.9 Å². The number of ether oxygens (including phenoxy) is 2. The summed E-state index contributed by atoms with van der Waals surface area (Å²) in [5.74, 6) is -1.41. The van der Waals surface area contributed by atoms with Crippen molar-refractivity contribution in [2.75, 3.05) is 53.9 Å². The molecule has 2 fully saturated rings. The SMILES string of the molecule is COC1CCCNCC2(CN(C(=O)CN(C)C)C2)OC(=O)C(C)C(=O)CC1. The maximum absolute atomic E-state index is 12.5. The molecular weight excluding hydrogens is 350 g/mol. The third kappa shape index (κ3) is 5.99. The lowest BCUT2D eigenvalue weighted by Gasteiger charge is -2.49. The van der Waals surface area contributed by atoms with E-state index >= 15 is 0 Å². The molecule has 0 aliphatic carbocycles. The molecule has 154 valence electrons. The van der Waals surface area contributed by atoms with Gasteiger partial charge in [0, 0.05) is 20.1 Å². The van der Waals surface area contributed by atoms with Crippen molar-refractivity contribution in [2.24, 2.45) is 5.92 Å². The van der Waals surface area contributed by atoms with Crippen molar-refractivity contribution in [3.63, 3.8) is 0 Å². The van der Waals surface area contributed by atoms with Crippen molar-refractivity contribution in [2.45, 2.75) is 44.3 Å². The number of likely N-dealkylation sites (tertiary alicyclic amines) is 1. The van der Waals surface area contributed by atoms with E-state index < -0.39 is 17.5 Å². The zero-order valence-corrected chi connectivity index (χ0v) is 17.0. The van der Waals surface area contributed by atoms with Gasteiger partial charge in [-0.05, 0) is 46.8 Å². The summed E-state index contributed by atoms with van der Waals surface area (Å²) in [6.45, 7) is 3.89. The lowest BCUT2D eigenvalue weighted by molar-refractivity contribution is -0.188. The number of methoxy groups -OCH3 is 1. The van der Waals surface area contributed by atoms with E-state index in [2.05, 4.69) is 5.32 Å². The summed E-state index contributed by atoms with van der Waals surface area (Å²) in [5.41, 5.74) is -0.748. The van der Waals surface area contributed by atoms with Gasteiger partial charge in [0.05, 0.1) is 25.7 Å². The number of hydrogen-bond donors (Lipinski definition) is 1. The zero-order chi connectivity index (χ0) is 20.0. The maximum Gasteiger partial charge on any atom is 0.316 e. The van der Waals surface area contributed by atoms with Gasteiger partial charge in [-0.1, -0.05) is 0 Å². The molecule has 0 aromatic rings. The van der Waals surface area contributed by atoms with Crippen LogP contribution in [0.15, 0.2) is 0 Å². The Hall–Kier alpha value is -1.51. The molecule has 2 heterocycles. The van der Waals surface area contributed by atoms with Crippen molar-refractivity contribution in [1.82, 2.24) is 15.1 Å². The van der Waals surface area contributed by atoms with Gasteiger partial charge in [0.1, 0.15) is 11.7 Å². The number of hydrogen-bond acceptors (Lipinski definition) is 7. The van der Waals surface area contributed by atoms with Crippen LogP contribution in [0.25, 0.3) is 0 Å². The van der Waals surface area contributed by atoms with Gasteiger partial charge in [-0.25, -0.2) is 0 Å². The predicted molar refractivity (Wildman–Crippen MR) is 100 cm³/mol. The average Bonchev–Trinajstić information content (AvgIpc) is 2.59. The van der Waals surface area contributed by atoms with Crippen LogP contribution in [0, 0.1) is 5.92 Å². The second-order valence-electron chi connectivity index (χ2n) is 8.00. The molecule has 2 rings (SSSR count). The number of esters is 1. The topological polar surface area (TPSA) is 88.2 Å². The van der Waals surface area contributed by atoms with Gasteiger partial charge in [0.25, 0.3) is 0 Å². The van der Waals surface area contributed by atoms with Crippen LogP contribution in [0.3, 0.4) is 0 Å². The van der Waals surface area contributed by atoms with E-state index in [-0.39, 0.29) is 17.8 Å². The van der Waals surface area contributed by atoms with Gasteiger partial charge in [-0.3, -0.25) is 14.4 Å². The smallest absolute Gasteiger partial charge is 0.316 e. The molecule has 8 heteroatoms. The van der Waals surface area contributed by atoms with Crippen LogP contribution in [0.5, 0.6) is 0 Å². The molecule has 2 aliphatic heterocycles. The standard InChI is InChI=1S/C19H33N3O5/c1-14-16(23)8-7-15(26-4)6-5-9-20-11-19(27-18(14)25)12-22(13-19)17(24)10-21(2)3/h14-15,20H,5-13H2,1-4H3. The first-order chi connectivity index (χ1) is 12.8. The van der Waals surface area contributed by atoms with E-state index in [0.717, 1.165) is 19.4 Å². The van der Waals surface area contributed by atoms with E-state index in [9.17, 15) is 14.4 Å². The molecular formula is C19H33N3O5. The van der Waals surface area contributed by atoms with E-state index in [4.69, 9.17) is 9.47 Å². The summed E-state index contributed by atoms with van der Waals surface area (Å²) in [6, 6.07) is 0. The molecule has 0 aromatic carbocycles. The van der Waals surface area contributed by atoms with Crippen LogP contribution in [-0.4, -0.2) is 93.1 Å². The normalized spacial score (nSPS) is 27.4. The van der Waals surface area contributed by atoms with Crippen LogP contribution in [0.2, 0.25) is 0 Å². The van der Waals surface area contributed by atoms with Crippen LogP contribution in [0.1, 0.15) is 32.6 Å². The van der Waals surface area contributed by atoms with Gasteiger partial charge < -0.3 is 24.6 Å². The number of carbonyl (C=O) groups is 3. The fourth-order valence-electron chi connectivity index (χ4n) is 3.51. The number of nitrogens with zero attached hydrogens (tertiary/aromatic N) is 2. The number of rotatable bonds is 3. The fourth-order valence-corrected chi connectivity index (χ4v) is 3.51. The number of carbonyl (C=O) groups excluding carboxylic acids is 3. The van der Waals surface area contributed by atoms with Crippen molar-refractivity contribution in [3.05, 3.63) is 0 Å². The summed E-state index contributed by atoms with van der Waals surface area (Å²) in [4.78, 5) is 40.6. The molecule has 0 radical (unpaired) electrons. The predicted octanol–water partition coefficient (Wildman–Crippen LogP) is 0.0560. The van der Waals surface area contributed by atoms with Crippen molar-refractivity contribution in [3.8, 4) is 0 Å². The molecule has 27 heavy (non-hydrogen) atoms. The van der Waals surface area contributed by atoms with Crippen LogP contribution in [0.4, 0.5) is 0 Å². The van der Waals surface area contributed by atoms with Crippen LogP contribution < -0.4 is 5.32 Å². The van der Waals surface area contributed by atoms with Crippen molar-refractivity contribution >= 4 is 17.7 Å². The molecule has 2 aliphatic rings. The molecule has 2 saturated heterocycles. The third-order valence-electron chi connectivity index (χ3n) is 5.29. The minimum Gasteiger partial charge on any atom is -0.453 e. The highest BCUT2D eigenvalue weighted by Gasteiger charge is 2.49. The van der Waals surface area contributed by atoms with Gasteiger partial charge in [0.15, 0.2) is 5.60 Å². The van der Waals surface area contributed by atoms with Gasteiger partial charge >= 0.3 is 5.97 Å². The van der Waals surface area contributed by atoms with Crippen molar-refractivity contribution in [1.29, 1.82) is 0 Å². The first-order valence-electron chi connectivity index (χ1n) is 9.68. The van der Waals surface area contributed by atoms with Crippen LogP contribution >= 0.6 is 0 Å². The third-order valence-corrected chi connectivity index (χ3v) is 5.29. The Balaban J connectivity index is 2.03. The number of amides is 1. The quantitative estimate of drug-likeness (QED) is 0.544. The highest BCUT2D eigenvalue weighted by Crippen LogP contribution is 2.27. The number of likely N-dealkylation sites (N-methyl/N-ethyl adjacent to an activating group) is 1. The summed E-state index contributed by atoms with van der Waals surface area (Å²) >= 11 is 0.